The van der Waals surface area contributed by atoms with E-state index in [4.69, 9.17) is 9.97 Å². The first-order valence-corrected chi connectivity index (χ1v) is 15.9. The Morgan fingerprint density at radius 3 is 1.73 bits per heavy atom. The van der Waals surface area contributed by atoms with Gasteiger partial charge in [0.15, 0.2) is 0 Å². The summed E-state index contributed by atoms with van der Waals surface area (Å²) in [6, 6.07) is 31.7. The van der Waals surface area contributed by atoms with Gasteiger partial charge in [-0.15, -0.1) is 0 Å². The summed E-state index contributed by atoms with van der Waals surface area (Å²) in [6.45, 7) is 14.8. The van der Waals surface area contributed by atoms with Gasteiger partial charge in [-0.2, -0.15) is 0 Å². The standard InChI is InChI=1S/C40H44N4/c1-28-6-12-37(13-7-28)44(27-34-15-19-42-40(25-34)36-11-9-30(3)32(5)23-36)38-16-20-43(21-17-38)26-33-14-18-41-39(24-33)35-10-8-29(2)31(4)22-35/h6-15,18-19,22-25,38H,16-17,20-21,26-27H2,1-5H3. The SMILES string of the molecule is Cc1ccc(N(Cc2ccnc(-c3ccc(C)c(C)c3)c2)C2CCN(Cc3ccnc(-c4ccc(C)c(C)c4)c3)CC2)cc1. The summed E-state index contributed by atoms with van der Waals surface area (Å²) in [7, 11) is 0. The monoisotopic (exact) mass is 580 g/mol. The van der Waals surface area contributed by atoms with Gasteiger partial charge in [-0.3, -0.25) is 14.9 Å². The van der Waals surface area contributed by atoms with Crippen LogP contribution < -0.4 is 4.90 Å². The maximum atomic E-state index is 4.74. The van der Waals surface area contributed by atoms with E-state index in [9.17, 15) is 0 Å². The van der Waals surface area contributed by atoms with Crippen LogP contribution in [0.2, 0.25) is 0 Å². The molecule has 1 fully saturated rings. The molecule has 0 aliphatic carbocycles. The second-order valence-electron chi connectivity index (χ2n) is 12.7. The van der Waals surface area contributed by atoms with Gasteiger partial charge in [0.1, 0.15) is 0 Å². The van der Waals surface area contributed by atoms with Crippen LogP contribution in [0.3, 0.4) is 0 Å². The summed E-state index contributed by atoms with van der Waals surface area (Å²) in [5.41, 5.74) is 14.9. The minimum Gasteiger partial charge on any atom is -0.364 e. The summed E-state index contributed by atoms with van der Waals surface area (Å²) >= 11 is 0. The fourth-order valence-electron chi connectivity index (χ4n) is 6.27. The number of hydrogen-bond donors (Lipinski definition) is 0. The lowest BCUT2D eigenvalue weighted by Crippen LogP contribution is -2.44. The second kappa shape index (κ2) is 13.2. The van der Waals surface area contributed by atoms with Crippen molar-refractivity contribution < 1.29 is 0 Å². The Morgan fingerprint density at radius 2 is 1.16 bits per heavy atom. The maximum Gasteiger partial charge on any atom is 0.0705 e. The van der Waals surface area contributed by atoms with Gasteiger partial charge in [-0.1, -0.05) is 42.0 Å². The van der Waals surface area contributed by atoms with E-state index < -0.39 is 0 Å². The molecule has 3 aromatic carbocycles. The van der Waals surface area contributed by atoms with E-state index in [-0.39, 0.29) is 0 Å². The molecule has 4 nitrogen and oxygen atoms in total. The fraction of sp³-hybridized carbons (Fsp3) is 0.300. The number of piperidine rings is 1. The normalized spacial score (nSPS) is 14.1. The number of pyridine rings is 2. The van der Waals surface area contributed by atoms with E-state index in [0.717, 1.165) is 50.4 Å². The number of benzene rings is 3. The number of nitrogens with zero attached hydrogens (tertiary/aromatic N) is 4. The molecule has 44 heavy (non-hydrogen) atoms. The van der Waals surface area contributed by atoms with Gasteiger partial charge in [0.2, 0.25) is 0 Å². The summed E-state index contributed by atoms with van der Waals surface area (Å²) in [4.78, 5) is 14.7. The summed E-state index contributed by atoms with van der Waals surface area (Å²) in [6.07, 6.45) is 6.21. The van der Waals surface area contributed by atoms with Crippen molar-refractivity contribution in [2.24, 2.45) is 0 Å². The summed E-state index contributed by atoms with van der Waals surface area (Å²) < 4.78 is 0. The molecule has 3 heterocycles. The Hall–Kier alpha value is -4.28. The van der Waals surface area contributed by atoms with Crippen molar-refractivity contribution in [3.63, 3.8) is 0 Å². The molecule has 4 heteroatoms. The molecule has 0 bridgehead atoms. The minimum atomic E-state index is 0.482. The Labute approximate surface area is 263 Å². The third kappa shape index (κ3) is 6.92. The summed E-state index contributed by atoms with van der Waals surface area (Å²) in [5, 5.41) is 0. The van der Waals surface area contributed by atoms with Crippen molar-refractivity contribution in [3.05, 3.63) is 136 Å². The molecule has 1 saturated heterocycles. The zero-order valence-corrected chi connectivity index (χ0v) is 26.8. The lowest BCUT2D eigenvalue weighted by molar-refractivity contribution is 0.201. The van der Waals surface area contributed by atoms with Gasteiger partial charge in [0, 0.05) is 61.4 Å². The first-order chi connectivity index (χ1) is 21.3. The molecule has 0 amide bonds. The van der Waals surface area contributed by atoms with Crippen molar-refractivity contribution in [1.82, 2.24) is 14.9 Å². The van der Waals surface area contributed by atoms with E-state index in [1.165, 1.54) is 55.8 Å². The van der Waals surface area contributed by atoms with Crippen LogP contribution in [0.4, 0.5) is 5.69 Å². The van der Waals surface area contributed by atoms with Gasteiger partial charge in [-0.25, -0.2) is 0 Å². The molecule has 0 unspecified atom stereocenters. The van der Waals surface area contributed by atoms with Crippen molar-refractivity contribution in [2.45, 2.75) is 66.6 Å². The van der Waals surface area contributed by atoms with Crippen molar-refractivity contribution >= 4 is 5.69 Å². The quantitative estimate of drug-likeness (QED) is 0.183. The predicted molar refractivity (Wildman–Crippen MR) is 184 cm³/mol. The number of aryl methyl sites for hydroxylation is 5. The van der Waals surface area contributed by atoms with Crippen LogP contribution >= 0.6 is 0 Å². The van der Waals surface area contributed by atoms with Gasteiger partial charge < -0.3 is 4.90 Å². The zero-order valence-electron chi connectivity index (χ0n) is 26.8. The predicted octanol–water partition coefficient (Wildman–Crippen LogP) is 9.02. The van der Waals surface area contributed by atoms with Gasteiger partial charge in [0.05, 0.1) is 11.4 Å². The number of hydrogen-bond acceptors (Lipinski definition) is 4. The van der Waals surface area contributed by atoms with Crippen LogP contribution in [0.25, 0.3) is 22.5 Å². The van der Waals surface area contributed by atoms with Gasteiger partial charge >= 0.3 is 0 Å². The highest BCUT2D eigenvalue weighted by atomic mass is 15.2. The second-order valence-corrected chi connectivity index (χ2v) is 12.7. The number of rotatable bonds is 8. The number of anilines is 1. The zero-order chi connectivity index (χ0) is 30.6. The van der Waals surface area contributed by atoms with Crippen molar-refractivity contribution in [2.75, 3.05) is 18.0 Å². The highest BCUT2D eigenvalue weighted by Gasteiger charge is 2.25. The molecule has 0 atom stereocenters. The van der Waals surface area contributed by atoms with Crippen molar-refractivity contribution in [3.8, 4) is 22.5 Å². The Kier molecular flexibility index (Phi) is 8.90. The molecule has 1 aliphatic heterocycles. The average molecular weight is 581 g/mol. The van der Waals surface area contributed by atoms with Crippen LogP contribution in [-0.4, -0.2) is 34.0 Å². The topological polar surface area (TPSA) is 32.3 Å². The highest BCUT2D eigenvalue weighted by molar-refractivity contribution is 5.63. The Morgan fingerprint density at radius 1 is 0.614 bits per heavy atom. The molecule has 224 valence electrons. The maximum absolute atomic E-state index is 4.74. The molecular weight excluding hydrogens is 536 g/mol. The van der Waals surface area contributed by atoms with Crippen LogP contribution in [0.1, 0.15) is 51.8 Å². The number of aromatic nitrogens is 2. The molecule has 0 saturated carbocycles. The third-order valence-corrected chi connectivity index (χ3v) is 9.38. The van der Waals surface area contributed by atoms with Gasteiger partial charge in [-0.05, 0) is 129 Å². The largest absolute Gasteiger partial charge is 0.364 e. The first kappa shape index (κ1) is 29.8. The van der Waals surface area contributed by atoms with Crippen molar-refractivity contribution in [1.29, 1.82) is 0 Å². The highest BCUT2D eigenvalue weighted by Crippen LogP contribution is 2.29. The van der Waals surface area contributed by atoms with E-state index in [1.807, 2.05) is 12.4 Å². The third-order valence-electron chi connectivity index (χ3n) is 9.38. The van der Waals surface area contributed by atoms with E-state index in [0.29, 0.717) is 6.04 Å². The lowest BCUT2D eigenvalue weighted by atomic mass is 9.99. The minimum absolute atomic E-state index is 0.482. The van der Waals surface area contributed by atoms with Gasteiger partial charge in [0.25, 0.3) is 0 Å². The van der Waals surface area contributed by atoms with Crippen LogP contribution in [0, 0.1) is 34.6 Å². The molecule has 2 aromatic heterocycles. The van der Waals surface area contributed by atoms with Crippen LogP contribution in [0.5, 0.6) is 0 Å². The molecular formula is C40H44N4. The van der Waals surface area contributed by atoms with Crippen LogP contribution in [-0.2, 0) is 13.1 Å². The molecule has 5 aromatic rings. The molecule has 0 spiro atoms. The fourth-order valence-corrected chi connectivity index (χ4v) is 6.27. The Balaban J connectivity index is 1.16. The molecule has 1 aliphatic rings. The van der Waals surface area contributed by atoms with E-state index in [1.54, 1.807) is 0 Å². The average Bonchev–Trinajstić information content (AvgIpc) is 3.04. The first-order valence-electron chi connectivity index (χ1n) is 15.9. The lowest BCUT2D eigenvalue weighted by Gasteiger charge is -2.40. The molecule has 6 rings (SSSR count). The number of likely N-dealkylation sites (tertiary alicyclic amines) is 1. The van der Waals surface area contributed by atoms with Crippen LogP contribution in [0.15, 0.2) is 97.3 Å². The van der Waals surface area contributed by atoms with E-state index >= 15 is 0 Å². The molecule has 0 radical (unpaired) electrons. The smallest absolute Gasteiger partial charge is 0.0705 e. The van der Waals surface area contributed by atoms with E-state index in [2.05, 4.69) is 129 Å². The molecule has 0 N–H and O–H groups in total. The summed E-state index contributed by atoms with van der Waals surface area (Å²) in [5.74, 6) is 0. The Bertz CT molecular complexity index is 1730.